The van der Waals surface area contributed by atoms with E-state index in [0.29, 0.717) is 28.5 Å². The number of halogens is 1. The van der Waals surface area contributed by atoms with Gasteiger partial charge in [-0.1, -0.05) is 0 Å². The number of nitrogens with one attached hydrogen (secondary N) is 2. The number of amides is 1. The summed E-state index contributed by atoms with van der Waals surface area (Å²) in [7, 11) is 0. The molecule has 0 aliphatic carbocycles. The molecule has 4 heterocycles. The Bertz CT molecular complexity index is 957. The number of carbonyl (C=O) groups is 1. The van der Waals surface area contributed by atoms with Crippen LogP contribution in [0.3, 0.4) is 0 Å². The molecule has 25 heavy (non-hydrogen) atoms. The topological polar surface area (TPSA) is 93.4 Å². The van der Waals surface area contributed by atoms with Gasteiger partial charge < -0.3 is 15.4 Å². The molecule has 1 unspecified atom stereocenters. The summed E-state index contributed by atoms with van der Waals surface area (Å²) in [6.07, 6.45) is 4.27. The van der Waals surface area contributed by atoms with Gasteiger partial charge >= 0.3 is 0 Å². The van der Waals surface area contributed by atoms with Crippen LogP contribution in [0.5, 0.6) is 5.88 Å². The number of anilines is 1. The predicted molar refractivity (Wildman–Crippen MR) is 87.0 cm³/mol. The molecule has 1 aliphatic heterocycles. The highest BCUT2D eigenvalue weighted by Crippen LogP contribution is 2.26. The van der Waals surface area contributed by atoms with Gasteiger partial charge in [0, 0.05) is 11.8 Å². The molecule has 0 saturated heterocycles. The highest BCUT2D eigenvalue weighted by molar-refractivity contribution is 5.99. The van der Waals surface area contributed by atoms with Gasteiger partial charge in [0.25, 0.3) is 5.91 Å². The second-order valence-corrected chi connectivity index (χ2v) is 5.66. The van der Waals surface area contributed by atoms with Gasteiger partial charge in [-0.25, -0.2) is 18.9 Å². The minimum atomic E-state index is -0.449. The van der Waals surface area contributed by atoms with Crippen LogP contribution in [0.4, 0.5) is 10.2 Å². The second-order valence-electron chi connectivity index (χ2n) is 5.66. The van der Waals surface area contributed by atoms with Crippen molar-refractivity contribution in [3.8, 4) is 5.88 Å². The number of ether oxygens (including phenoxy) is 1. The number of rotatable bonds is 0. The largest absolute Gasteiger partial charge is 0.476 e. The SMILES string of the molecule is CC1Nc2ccn3ncc(c3n2)C(=O)NCCOc2ncc(F)cc21. The molecule has 0 saturated carbocycles. The summed E-state index contributed by atoms with van der Waals surface area (Å²) in [4.78, 5) is 20.8. The first-order chi connectivity index (χ1) is 12.1. The Kier molecular flexibility index (Phi) is 3.68. The van der Waals surface area contributed by atoms with Gasteiger partial charge in [0.2, 0.25) is 5.88 Å². The first-order valence-electron chi connectivity index (χ1n) is 7.79. The maximum absolute atomic E-state index is 13.6. The van der Waals surface area contributed by atoms with Crippen LogP contribution < -0.4 is 15.4 Å². The van der Waals surface area contributed by atoms with Gasteiger partial charge in [-0.2, -0.15) is 5.10 Å². The average Bonchev–Trinajstić information content (AvgIpc) is 3.02. The molecule has 0 radical (unpaired) electrons. The molecular formula is C16H15FN6O2. The molecule has 1 amide bonds. The fourth-order valence-corrected chi connectivity index (χ4v) is 2.69. The molecule has 1 atom stereocenters. The van der Waals surface area contributed by atoms with E-state index in [2.05, 4.69) is 25.7 Å². The van der Waals surface area contributed by atoms with E-state index < -0.39 is 5.82 Å². The maximum Gasteiger partial charge on any atom is 0.256 e. The van der Waals surface area contributed by atoms with Crippen molar-refractivity contribution in [3.05, 3.63) is 47.7 Å². The van der Waals surface area contributed by atoms with Crippen LogP contribution in [-0.4, -0.2) is 38.6 Å². The molecule has 128 valence electrons. The standard InChI is InChI=1S/C16H15FN6O2/c1-9-11-6-10(17)7-19-16(11)25-5-3-18-15(24)12-8-20-23-4-2-13(21-9)22-14(12)23/h2,4,6-9H,3,5H2,1H3,(H,18,24)(H,21,22). The second kappa shape index (κ2) is 6.00. The Labute approximate surface area is 142 Å². The summed E-state index contributed by atoms with van der Waals surface area (Å²) in [5.74, 6) is 0.112. The van der Waals surface area contributed by atoms with Crippen molar-refractivity contribution in [1.29, 1.82) is 0 Å². The zero-order valence-corrected chi connectivity index (χ0v) is 13.4. The summed E-state index contributed by atoms with van der Waals surface area (Å²) in [6, 6.07) is 2.80. The third-order valence-corrected chi connectivity index (χ3v) is 3.92. The number of aromatic nitrogens is 4. The van der Waals surface area contributed by atoms with E-state index in [1.807, 2.05) is 6.92 Å². The number of carbonyl (C=O) groups excluding carboxylic acids is 1. The lowest BCUT2D eigenvalue weighted by molar-refractivity contribution is 0.0948. The Morgan fingerprint density at radius 1 is 1.40 bits per heavy atom. The van der Waals surface area contributed by atoms with Crippen molar-refractivity contribution in [2.24, 2.45) is 0 Å². The molecule has 2 bridgehead atoms. The van der Waals surface area contributed by atoms with Gasteiger partial charge in [-0.15, -0.1) is 0 Å². The molecule has 9 heteroatoms. The minimum Gasteiger partial charge on any atom is -0.476 e. The monoisotopic (exact) mass is 342 g/mol. The van der Waals surface area contributed by atoms with Crippen molar-refractivity contribution >= 4 is 17.4 Å². The molecule has 1 aliphatic rings. The Morgan fingerprint density at radius 2 is 2.28 bits per heavy atom. The minimum absolute atomic E-state index is 0.208. The number of hydrogen-bond donors (Lipinski definition) is 2. The molecule has 0 aromatic carbocycles. The summed E-state index contributed by atoms with van der Waals surface area (Å²) in [5, 5.41) is 10.1. The van der Waals surface area contributed by atoms with Crippen LogP contribution in [0.25, 0.3) is 5.65 Å². The summed E-state index contributed by atoms with van der Waals surface area (Å²) >= 11 is 0. The Balaban J connectivity index is 1.80. The van der Waals surface area contributed by atoms with E-state index in [-0.39, 0.29) is 25.1 Å². The van der Waals surface area contributed by atoms with Crippen molar-refractivity contribution in [2.75, 3.05) is 18.5 Å². The van der Waals surface area contributed by atoms with Crippen molar-refractivity contribution in [1.82, 2.24) is 24.9 Å². The maximum atomic E-state index is 13.6. The molecule has 0 fully saturated rings. The van der Waals surface area contributed by atoms with Crippen molar-refractivity contribution in [2.45, 2.75) is 13.0 Å². The Hall–Kier alpha value is -3.23. The Morgan fingerprint density at radius 3 is 3.16 bits per heavy atom. The molecular weight excluding hydrogens is 327 g/mol. The zero-order valence-electron chi connectivity index (χ0n) is 13.4. The van der Waals surface area contributed by atoms with Crippen molar-refractivity contribution < 1.29 is 13.9 Å². The van der Waals surface area contributed by atoms with E-state index in [0.717, 1.165) is 6.20 Å². The van der Waals surface area contributed by atoms with Crippen LogP contribution in [0.15, 0.2) is 30.7 Å². The third-order valence-electron chi connectivity index (χ3n) is 3.92. The molecule has 3 aromatic heterocycles. The van der Waals surface area contributed by atoms with Crippen LogP contribution in [0, 0.1) is 5.82 Å². The molecule has 0 spiro atoms. The summed E-state index contributed by atoms with van der Waals surface area (Å²) in [5.41, 5.74) is 1.38. The van der Waals surface area contributed by atoms with Gasteiger partial charge in [0.05, 0.1) is 25.0 Å². The smallest absolute Gasteiger partial charge is 0.256 e. The number of nitrogens with zero attached hydrogens (tertiary/aromatic N) is 4. The lowest BCUT2D eigenvalue weighted by atomic mass is 10.1. The first-order valence-corrected chi connectivity index (χ1v) is 7.79. The van der Waals surface area contributed by atoms with E-state index >= 15 is 0 Å². The quantitative estimate of drug-likeness (QED) is 0.644. The molecule has 4 rings (SSSR count). The van der Waals surface area contributed by atoms with Crippen LogP contribution in [0.1, 0.15) is 28.9 Å². The van der Waals surface area contributed by atoms with Crippen LogP contribution in [0.2, 0.25) is 0 Å². The number of hydrogen-bond acceptors (Lipinski definition) is 6. The predicted octanol–water partition coefficient (Wildman–Crippen LogP) is 1.56. The highest BCUT2D eigenvalue weighted by Gasteiger charge is 2.19. The van der Waals surface area contributed by atoms with E-state index in [1.165, 1.54) is 16.8 Å². The first kappa shape index (κ1) is 15.3. The number of pyridine rings is 1. The van der Waals surface area contributed by atoms with Crippen LogP contribution in [-0.2, 0) is 0 Å². The summed E-state index contributed by atoms with van der Waals surface area (Å²) < 4.78 is 20.8. The fourth-order valence-electron chi connectivity index (χ4n) is 2.69. The van der Waals surface area contributed by atoms with E-state index in [1.54, 1.807) is 12.3 Å². The highest BCUT2D eigenvalue weighted by atomic mass is 19.1. The van der Waals surface area contributed by atoms with Gasteiger partial charge in [0.15, 0.2) is 5.65 Å². The molecule has 3 aromatic rings. The normalized spacial score (nSPS) is 17.5. The lowest BCUT2D eigenvalue weighted by Crippen LogP contribution is -2.28. The third kappa shape index (κ3) is 2.84. The van der Waals surface area contributed by atoms with Gasteiger partial charge in [-0.05, 0) is 19.1 Å². The van der Waals surface area contributed by atoms with Crippen LogP contribution >= 0.6 is 0 Å². The van der Waals surface area contributed by atoms with Gasteiger partial charge in [-0.3, -0.25) is 4.79 Å². The molecule has 2 N–H and O–H groups in total. The average molecular weight is 342 g/mol. The summed E-state index contributed by atoms with van der Waals surface area (Å²) in [6.45, 7) is 2.34. The molecule has 8 nitrogen and oxygen atoms in total. The number of fused-ring (bicyclic) bond motifs is 2. The van der Waals surface area contributed by atoms with Gasteiger partial charge in [0.1, 0.15) is 23.8 Å². The zero-order chi connectivity index (χ0) is 17.4. The fraction of sp³-hybridized carbons (Fsp3) is 0.250. The lowest BCUT2D eigenvalue weighted by Gasteiger charge is -2.18. The van der Waals surface area contributed by atoms with E-state index in [4.69, 9.17) is 4.74 Å². The van der Waals surface area contributed by atoms with E-state index in [9.17, 15) is 9.18 Å². The van der Waals surface area contributed by atoms with Crippen molar-refractivity contribution in [3.63, 3.8) is 0 Å².